The SMILES string of the molecule is CNC(=O)c1cncc(NS(=O)(=O)c2cc(Br)ccc2OC(F)(F)F)c1. The number of alkyl halides is 3. The minimum absolute atomic E-state index is 0.0636. The maximum atomic E-state index is 12.5. The topological polar surface area (TPSA) is 97.4 Å². The summed E-state index contributed by atoms with van der Waals surface area (Å²) in [6, 6.07) is 4.21. The van der Waals surface area contributed by atoms with Crippen LogP contribution in [-0.4, -0.2) is 32.7 Å². The summed E-state index contributed by atoms with van der Waals surface area (Å²) < 4.78 is 68.6. The first-order chi connectivity index (χ1) is 12.0. The van der Waals surface area contributed by atoms with Gasteiger partial charge in [-0.05, 0) is 24.3 Å². The van der Waals surface area contributed by atoms with Crippen LogP contribution >= 0.6 is 15.9 Å². The second kappa shape index (κ2) is 7.50. The van der Waals surface area contributed by atoms with Gasteiger partial charge >= 0.3 is 6.36 Å². The van der Waals surface area contributed by atoms with Gasteiger partial charge in [-0.25, -0.2) is 8.42 Å². The fourth-order valence-electron chi connectivity index (χ4n) is 1.88. The molecule has 0 bridgehead atoms. The molecule has 26 heavy (non-hydrogen) atoms. The maximum Gasteiger partial charge on any atom is 0.573 e. The number of carbonyl (C=O) groups is 1. The molecule has 7 nitrogen and oxygen atoms in total. The summed E-state index contributed by atoms with van der Waals surface area (Å²) in [5.74, 6) is -1.41. The maximum absolute atomic E-state index is 12.5. The van der Waals surface area contributed by atoms with Crippen LogP contribution in [0.4, 0.5) is 18.9 Å². The van der Waals surface area contributed by atoms with Crippen LogP contribution in [0.5, 0.6) is 5.75 Å². The van der Waals surface area contributed by atoms with Crippen LogP contribution in [0.25, 0.3) is 0 Å². The van der Waals surface area contributed by atoms with Gasteiger partial charge in [-0.2, -0.15) is 0 Å². The molecule has 0 atom stereocenters. The molecule has 0 aliphatic heterocycles. The van der Waals surface area contributed by atoms with E-state index in [2.05, 4.69) is 35.7 Å². The standard InChI is InChI=1S/C14H11BrF3N3O4S/c1-19-13(22)8-4-10(7-20-6-8)21-26(23,24)12-5-9(15)2-3-11(12)25-14(16,17)18/h2-7,21H,1H3,(H,19,22). The molecular formula is C14H11BrF3N3O4S. The van der Waals surface area contributed by atoms with E-state index >= 15 is 0 Å². The molecule has 140 valence electrons. The number of hydrogen-bond donors (Lipinski definition) is 2. The lowest BCUT2D eigenvalue weighted by molar-refractivity contribution is -0.275. The second-order valence-corrected chi connectivity index (χ2v) is 7.35. The van der Waals surface area contributed by atoms with Gasteiger partial charge in [-0.3, -0.25) is 14.5 Å². The van der Waals surface area contributed by atoms with E-state index in [1.807, 2.05) is 0 Å². The fraction of sp³-hybridized carbons (Fsp3) is 0.143. The van der Waals surface area contributed by atoms with Crippen molar-refractivity contribution >= 4 is 37.5 Å². The van der Waals surface area contributed by atoms with Gasteiger partial charge in [-0.15, -0.1) is 13.2 Å². The quantitative estimate of drug-likeness (QED) is 0.725. The number of benzene rings is 1. The van der Waals surface area contributed by atoms with Crippen molar-refractivity contribution < 1.29 is 31.1 Å². The first kappa shape index (κ1) is 20.0. The zero-order valence-electron chi connectivity index (χ0n) is 13.0. The first-order valence-corrected chi connectivity index (χ1v) is 9.05. The summed E-state index contributed by atoms with van der Waals surface area (Å²) in [5, 5.41) is 2.34. The van der Waals surface area contributed by atoms with Crippen molar-refractivity contribution in [1.82, 2.24) is 10.3 Å². The van der Waals surface area contributed by atoms with Gasteiger partial charge in [0, 0.05) is 17.7 Å². The molecule has 0 unspecified atom stereocenters. The van der Waals surface area contributed by atoms with Crippen LogP contribution in [0, 0.1) is 0 Å². The molecule has 0 radical (unpaired) electrons. The van der Waals surface area contributed by atoms with E-state index in [9.17, 15) is 26.4 Å². The Kier molecular flexibility index (Phi) is 5.76. The first-order valence-electron chi connectivity index (χ1n) is 6.77. The number of halogens is 4. The summed E-state index contributed by atoms with van der Waals surface area (Å²) in [6.07, 6.45) is -2.76. The Morgan fingerprint density at radius 2 is 1.92 bits per heavy atom. The molecule has 0 spiro atoms. The van der Waals surface area contributed by atoms with Crippen LogP contribution < -0.4 is 14.8 Å². The molecular weight excluding hydrogens is 443 g/mol. The number of sulfonamides is 1. The van der Waals surface area contributed by atoms with E-state index < -0.39 is 32.9 Å². The van der Waals surface area contributed by atoms with Crippen LogP contribution in [0.1, 0.15) is 10.4 Å². The van der Waals surface area contributed by atoms with Crippen molar-refractivity contribution in [3.8, 4) is 5.75 Å². The van der Waals surface area contributed by atoms with Crippen molar-refractivity contribution in [2.75, 3.05) is 11.8 Å². The number of nitrogens with one attached hydrogen (secondary N) is 2. The van der Waals surface area contributed by atoms with Crippen LogP contribution in [0.15, 0.2) is 46.0 Å². The molecule has 1 amide bonds. The molecule has 0 saturated heterocycles. The van der Waals surface area contributed by atoms with Gasteiger partial charge in [0.15, 0.2) is 0 Å². The third-order valence-electron chi connectivity index (χ3n) is 2.90. The number of amides is 1. The van der Waals surface area contributed by atoms with Crippen LogP contribution in [-0.2, 0) is 10.0 Å². The van der Waals surface area contributed by atoms with Gasteiger partial charge in [0.2, 0.25) is 0 Å². The zero-order chi connectivity index (χ0) is 19.5. The van der Waals surface area contributed by atoms with Crippen molar-refractivity contribution in [2.24, 2.45) is 0 Å². The van der Waals surface area contributed by atoms with E-state index in [0.717, 1.165) is 18.3 Å². The van der Waals surface area contributed by atoms with Crippen molar-refractivity contribution in [3.63, 3.8) is 0 Å². The van der Waals surface area contributed by atoms with E-state index in [-0.39, 0.29) is 15.7 Å². The Bertz CT molecular complexity index is 935. The Labute approximate surface area is 154 Å². The summed E-state index contributed by atoms with van der Waals surface area (Å²) in [5.41, 5.74) is -0.0438. The molecule has 0 fully saturated rings. The summed E-state index contributed by atoms with van der Waals surface area (Å²) in [6.45, 7) is 0. The average molecular weight is 454 g/mol. The van der Waals surface area contributed by atoms with Gasteiger partial charge in [0.05, 0.1) is 17.4 Å². The van der Waals surface area contributed by atoms with Gasteiger partial charge in [0.1, 0.15) is 10.6 Å². The number of pyridine rings is 1. The minimum atomic E-state index is -5.07. The smallest absolute Gasteiger partial charge is 0.404 e. The Balaban J connectivity index is 2.42. The third-order valence-corrected chi connectivity index (χ3v) is 4.80. The number of nitrogens with zero attached hydrogens (tertiary/aromatic N) is 1. The summed E-state index contributed by atoms with van der Waals surface area (Å²) in [7, 11) is -3.09. The number of anilines is 1. The highest BCUT2D eigenvalue weighted by Gasteiger charge is 2.34. The lowest BCUT2D eigenvalue weighted by atomic mass is 10.2. The molecule has 1 aromatic heterocycles. The minimum Gasteiger partial charge on any atom is -0.404 e. The van der Waals surface area contributed by atoms with Gasteiger partial charge < -0.3 is 10.1 Å². The highest BCUT2D eigenvalue weighted by Crippen LogP contribution is 2.33. The molecule has 1 heterocycles. The largest absolute Gasteiger partial charge is 0.573 e. The highest BCUT2D eigenvalue weighted by atomic mass is 79.9. The number of rotatable bonds is 5. The molecule has 0 aliphatic carbocycles. The predicted octanol–water partition coefficient (Wildman–Crippen LogP) is 2.90. The van der Waals surface area contributed by atoms with Crippen LogP contribution in [0.2, 0.25) is 0 Å². The molecule has 2 aromatic rings. The van der Waals surface area contributed by atoms with Gasteiger partial charge in [-0.1, -0.05) is 15.9 Å². The molecule has 0 aliphatic rings. The second-order valence-electron chi connectivity index (χ2n) is 4.79. The Hall–Kier alpha value is -2.34. The molecule has 2 N–H and O–H groups in total. The molecule has 0 saturated carbocycles. The average Bonchev–Trinajstić information content (AvgIpc) is 2.54. The fourth-order valence-corrected chi connectivity index (χ4v) is 3.58. The normalized spacial score (nSPS) is 11.7. The molecule has 1 aromatic carbocycles. The number of carbonyl (C=O) groups excluding carboxylic acids is 1. The summed E-state index contributed by atoms with van der Waals surface area (Å²) >= 11 is 3.00. The number of aromatic nitrogens is 1. The lowest BCUT2D eigenvalue weighted by Gasteiger charge is -2.15. The van der Waals surface area contributed by atoms with E-state index in [1.54, 1.807) is 0 Å². The Morgan fingerprint density at radius 3 is 2.54 bits per heavy atom. The van der Waals surface area contributed by atoms with E-state index in [0.29, 0.717) is 0 Å². The van der Waals surface area contributed by atoms with Crippen molar-refractivity contribution in [3.05, 3.63) is 46.7 Å². The van der Waals surface area contributed by atoms with Gasteiger partial charge in [0.25, 0.3) is 15.9 Å². The Morgan fingerprint density at radius 1 is 1.23 bits per heavy atom. The monoisotopic (exact) mass is 453 g/mol. The third kappa shape index (κ3) is 5.08. The van der Waals surface area contributed by atoms with E-state index in [1.165, 1.54) is 25.4 Å². The van der Waals surface area contributed by atoms with Crippen molar-refractivity contribution in [1.29, 1.82) is 0 Å². The summed E-state index contributed by atoms with van der Waals surface area (Å²) in [4.78, 5) is 14.6. The van der Waals surface area contributed by atoms with Crippen molar-refractivity contribution in [2.45, 2.75) is 11.3 Å². The van der Waals surface area contributed by atoms with Crippen LogP contribution in [0.3, 0.4) is 0 Å². The lowest BCUT2D eigenvalue weighted by Crippen LogP contribution is -2.21. The molecule has 2 rings (SSSR count). The zero-order valence-corrected chi connectivity index (χ0v) is 15.4. The number of ether oxygens (including phenoxy) is 1. The van der Waals surface area contributed by atoms with E-state index in [4.69, 9.17) is 0 Å². The number of hydrogen-bond acceptors (Lipinski definition) is 5. The molecule has 12 heteroatoms. The highest BCUT2D eigenvalue weighted by molar-refractivity contribution is 9.10. The predicted molar refractivity (Wildman–Crippen MR) is 89.3 cm³/mol.